The highest BCUT2D eigenvalue weighted by molar-refractivity contribution is 7.03. The van der Waals surface area contributed by atoms with Gasteiger partial charge >= 0.3 is 0 Å². The number of hydrogen-bond donors (Lipinski definition) is 2. The Morgan fingerprint density at radius 3 is 2.69 bits per heavy atom. The van der Waals surface area contributed by atoms with Crippen LogP contribution in [0.5, 0.6) is 5.75 Å². The van der Waals surface area contributed by atoms with Gasteiger partial charge in [0.2, 0.25) is 0 Å². The number of pyridine rings is 1. The van der Waals surface area contributed by atoms with Crippen molar-refractivity contribution in [3.63, 3.8) is 0 Å². The third-order valence-electron chi connectivity index (χ3n) is 5.22. The molecule has 166 valence electrons. The highest BCUT2D eigenvalue weighted by Crippen LogP contribution is 2.33. The van der Waals surface area contributed by atoms with E-state index in [1.54, 1.807) is 35.7 Å². The second-order valence-corrected chi connectivity index (χ2v) is 8.65. The van der Waals surface area contributed by atoms with Crippen molar-refractivity contribution >= 4 is 45.9 Å². The molecule has 0 aliphatic carbocycles. The predicted octanol–water partition coefficient (Wildman–Crippen LogP) is 6.14. The van der Waals surface area contributed by atoms with E-state index in [9.17, 15) is 9.90 Å². The van der Waals surface area contributed by atoms with Crippen LogP contribution in [0.2, 0.25) is 5.02 Å². The van der Waals surface area contributed by atoms with E-state index < -0.39 is 0 Å². The summed E-state index contributed by atoms with van der Waals surface area (Å²) in [5.74, 6) is 0.333. The number of nitrogens with one attached hydrogen (secondary N) is 1. The molecule has 7 nitrogen and oxygen atoms in total. The maximum Gasteiger partial charge on any atom is 0.259 e. The molecule has 0 saturated carbocycles. The lowest BCUT2D eigenvalue weighted by Gasteiger charge is -2.07. The highest BCUT2D eigenvalue weighted by Gasteiger charge is 2.19. The molecule has 0 atom stereocenters. The average molecular weight is 470 g/mol. The van der Waals surface area contributed by atoms with E-state index in [2.05, 4.69) is 21.7 Å². The number of halogens is 1. The largest absolute Gasteiger partial charge is 0.508 e. The molecule has 1 amide bonds. The Bertz CT molecular complexity index is 1210. The summed E-state index contributed by atoms with van der Waals surface area (Å²) in [6.45, 7) is 2.89. The van der Waals surface area contributed by atoms with Crippen molar-refractivity contribution < 1.29 is 9.90 Å². The van der Waals surface area contributed by atoms with Crippen LogP contribution in [0.25, 0.3) is 22.3 Å². The molecule has 0 spiro atoms. The molecule has 2 N–H and O–H groups in total. The van der Waals surface area contributed by atoms with E-state index in [0.29, 0.717) is 39.7 Å². The number of unbranched alkanes of at least 4 members (excludes halogenated alkanes) is 4. The quantitative estimate of drug-likeness (QED) is 0.287. The first-order chi connectivity index (χ1) is 15.6. The summed E-state index contributed by atoms with van der Waals surface area (Å²) in [6.07, 6.45) is 7.19. The number of benzene rings is 1. The first-order valence-electron chi connectivity index (χ1n) is 10.6. The lowest BCUT2D eigenvalue weighted by Crippen LogP contribution is -2.12. The van der Waals surface area contributed by atoms with Gasteiger partial charge in [-0.15, -0.1) is 0 Å². The SMILES string of the molecule is CCCCCCCn1nc(NC(=O)c2cnsc2)c2cc(Cl)c(-c3ccc(O)cc3)nc21. The van der Waals surface area contributed by atoms with Crippen molar-refractivity contribution in [2.45, 2.75) is 45.6 Å². The number of aryl methyl sites for hydroxylation is 1. The van der Waals surface area contributed by atoms with Gasteiger partial charge in [0.05, 0.1) is 27.9 Å². The summed E-state index contributed by atoms with van der Waals surface area (Å²) >= 11 is 7.79. The minimum Gasteiger partial charge on any atom is -0.508 e. The predicted molar refractivity (Wildman–Crippen MR) is 128 cm³/mol. The molecule has 0 fully saturated rings. The van der Waals surface area contributed by atoms with Crippen molar-refractivity contribution in [3.8, 4) is 17.0 Å². The lowest BCUT2D eigenvalue weighted by atomic mass is 10.1. The number of nitrogens with zero attached hydrogens (tertiary/aromatic N) is 4. The van der Waals surface area contributed by atoms with E-state index in [1.807, 2.05) is 4.68 Å². The molecule has 0 radical (unpaired) electrons. The van der Waals surface area contributed by atoms with Crippen molar-refractivity contribution in [1.29, 1.82) is 0 Å². The number of anilines is 1. The maximum absolute atomic E-state index is 12.6. The van der Waals surface area contributed by atoms with Gasteiger partial charge in [0, 0.05) is 17.5 Å². The van der Waals surface area contributed by atoms with Gasteiger partial charge in [0.1, 0.15) is 5.75 Å². The molecule has 4 aromatic rings. The van der Waals surface area contributed by atoms with E-state index in [0.717, 1.165) is 18.4 Å². The number of amides is 1. The second-order valence-electron chi connectivity index (χ2n) is 7.59. The molecule has 0 saturated heterocycles. The van der Waals surface area contributed by atoms with Crippen LogP contribution < -0.4 is 5.32 Å². The number of aromatic nitrogens is 4. The summed E-state index contributed by atoms with van der Waals surface area (Å²) in [5, 5.41) is 19.9. The zero-order valence-corrected chi connectivity index (χ0v) is 19.3. The Morgan fingerprint density at radius 2 is 1.97 bits per heavy atom. The van der Waals surface area contributed by atoms with Gasteiger partial charge in [-0.1, -0.05) is 44.2 Å². The molecule has 0 bridgehead atoms. The van der Waals surface area contributed by atoms with Crippen LogP contribution in [0.15, 0.2) is 41.9 Å². The van der Waals surface area contributed by atoms with Gasteiger partial charge in [-0.25, -0.2) is 14.0 Å². The van der Waals surface area contributed by atoms with Crippen molar-refractivity contribution in [2.75, 3.05) is 5.32 Å². The van der Waals surface area contributed by atoms with Crippen LogP contribution in [0.3, 0.4) is 0 Å². The fourth-order valence-electron chi connectivity index (χ4n) is 3.50. The summed E-state index contributed by atoms with van der Waals surface area (Å²) in [7, 11) is 0. The third kappa shape index (κ3) is 4.92. The Hall–Kier alpha value is -2.97. The number of phenols is 1. The normalized spacial score (nSPS) is 11.2. The van der Waals surface area contributed by atoms with Crippen LogP contribution in [0.1, 0.15) is 49.4 Å². The van der Waals surface area contributed by atoms with E-state index in [-0.39, 0.29) is 11.7 Å². The van der Waals surface area contributed by atoms with Gasteiger partial charge in [-0.2, -0.15) is 5.10 Å². The number of fused-ring (bicyclic) bond motifs is 1. The van der Waals surface area contributed by atoms with E-state index in [1.165, 1.54) is 37.0 Å². The molecule has 9 heteroatoms. The number of aromatic hydroxyl groups is 1. The van der Waals surface area contributed by atoms with Crippen LogP contribution >= 0.6 is 23.1 Å². The van der Waals surface area contributed by atoms with Crippen LogP contribution in [0.4, 0.5) is 5.82 Å². The van der Waals surface area contributed by atoms with E-state index >= 15 is 0 Å². The van der Waals surface area contributed by atoms with Gasteiger partial charge in [0.15, 0.2) is 11.5 Å². The number of carbonyl (C=O) groups excluding carboxylic acids is 1. The standard InChI is InChI=1S/C23H24ClN5O2S/c1-2-3-4-5-6-11-29-22-18(21(28-29)27-23(31)16-13-25-32-14-16)12-19(24)20(26-22)15-7-9-17(30)10-8-15/h7-10,12-14,30H,2-6,11H2,1H3,(H,27,28,31). The molecule has 0 aliphatic heterocycles. The minimum absolute atomic E-state index is 0.177. The number of hydrogen-bond acceptors (Lipinski definition) is 6. The van der Waals surface area contributed by atoms with Crippen molar-refractivity contribution in [1.82, 2.24) is 19.1 Å². The van der Waals surface area contributed by atoms with Gasteiger partial charge < -0.3 is 10.4 Å². The Kier molecular flexibility index (Phi) is 7.02. The van der Waals surface area contributed by atoms with Crippen LogP contribution in [-0.4, -0.2) is 30.2 Å². The van der Waals surface area contributed by atoms with Gasteiger partial charge in [-0.05, 0) is 48.3 Å². The highest BCUT2D eigenvalue weighted by atomic mass is 35.5. The smallest absolute Gasteiger partial charge is 0.259 e. The topological polar surface area (TPSA) is 92.9 Å². The summed E-state index contributed by atoms with van der Waals surface area (Å²) in [4.78, 5) is 17.4. The molecule has 3 aromatic heterocycles. The van der Waals surface area contributed by atoms with Crippen molar-refractivity contribution in [2.24, 2.45) is 0 Å². The zero-order chi connectivity index (χ0) is 22.5. The van der Waals surface area contributed by atoms with Crippen molar-refractivity contribution in [3.05, 3.63) is 52.5 Å². The number of carbonyl (C=O) groups is 1. The Morgan fingerprint density at radius 1 is 1.19 bits per heavy atom. The Balaban J connectivity index is 1.70. The fourth-order valence-corrected chi connectivity index (χ4v) is 4.28. The van der Waals surface area contributed by atoms with E-state index in [4.69, 9.17) is 16.6 Å². The summed E-state index contributed by atoms with van der Waals surface area (Å²) < 4.78 is 5.82. The molecule has 0 aliphatic rings. The Labute approximate surface area is 195 Å². The third-order valence-corrected chi connectivity index (χ3v) is 6.09. The number of phenolic OH excluding ortho intramolecular Hbond substituents is 1. The maximum atomic E-state index is 12.6. The summed E-state index contributed by atoms with van der Waals surface area (Å²) in [5.41, 5.74) is 2.54. The average Bonchev–Trinajstić information content (AvgIpc) is 3.43. The van der Waals surface area contributed by atoms with Crippen LogP contribution in [0, 0.1) is 0 Å². The first-order valence-corrected chi connectivity index (χ1v) is 11.9. The summed E-state index contributed by atoms with van der Waals surface area (Å²) in [6, 6.07) is 8.53. The lowest BCUT2D eigenvalue weighted by molar-refractivity contribution is 0.102. The fraction of sp³-hybridized carbons (Fsp3) is 0.304. The minimum atomic E-state index is -0.271. The number of rotatable bonds is 9. The first kappa shape index (κ1) is 22.2. The molecule has 3 heterocycles. The molecule has 1 aromatic carbocycles. The van der Waals surface area contributed by atoms with Gasteiger partial charge in [-0.3, -0.25) is 4.79 Å². The van der Waals surface area contributed by atoms with Crippen LogP contribution in [-0.2, 0) is 6.54 Å². The second kappa shape index (κ2) is 10.1. The molecule has 32 heavy (non-hydrogen) atoms. The zero-order valence-electron chi connectivity index (χ0n) is 17.7. The molecule has 0 unspecified atom stereocenters. The van der Waals surface area contributed by atoms with Gasteiger partial charge in [0.25, 0.3) is 5.91 Å². The molecular weight excluding hydrogens is 446 g/mol. The molecule has 4 rings (SSSR count). The monoisotopic (exact) mass is 469 g/mol. The molecular formula is C23H24ClN5O2S.